The highest BCUT2D eigenvalue weighted by Gasteiger charge is 2.24. The Morgan fingerprint density at radius 3 is 2.87 bits per heavy atom. The van der Waals surface area contributed by atoms with Crippen molar-refractivity contribution in [2.45, 2.75) is 12.8 Å². The van der Waals surface area contributed by atoms with E-state index in [0.717, 1.165) is 6.42 Å². The molecule has 1 atom stereocenters. The molecule has 23 heavy (non-hydrogen) atoms. The SMILES string of the molecule is COc1ccc(NC(N)=NCC2CCCS(=O)(=O)C2)cc1Cl.I. The zero-order valence-corrected chi connectivity index (χ0v) is 16.7. The topological polar surface area (TPSA) is 93.8 Å². The van der Waals surface area contributed by atoms with E-state index in [4.69, 9.17) is 22.1 Å². The number of sulfone groups is 1. The van der Waals surface area contributed by atoms with Gasteiger partial charge in [0.25, 0.3) is 0 Å². The minimum Gasteiger partial charge on any atom is -0.495 e. The largest absolute Gasteiger partial charge is 0.495 e. The summed E-state index contributed by atoms with van der Waals surface area (Å²) in [6.45, 7) is 0.405. The molecule has 1 fully saturated rings. The number of ether oxygens (including phenoxy) is 1. The van der Waals surface area contributed by atoms with E-state index < -0.39 is 9.84 Å². The van der Waals surface area contributed by atoms with E-state index in [9.17, 15) is 8.42 Å². The first kappa shape index (κ1) is 20.3. The number of hydrogen-bond acceptors (Lipinski definition) is 4. The van der Waals surface area contributed by atoms with Crippen molar-refractivity contribution in [1.82, 2.24) is 0 Å². The molecule has 2 rings (SSSR count). The Balaban J connectivity index is 0.00000264. The summed E-state index contributed by atoms with van der Waals surface area (Å²) < 4.78 is 28.2. The molecule has 130 valence electrons. The van der Waals surface area contributed by atoms with E-state index in [1.807, 2.05) is 0 Å². The summed E-state index contributed by atoms with van der Waals surface area (Å²) in [5.41, 5.74) is 6.52. The molecular weight excluding hydrogens is 453 g/mol. The molecule has 1 heterocycles. The van der Waals surface area contributed by atoms with Gasteiger partial charge < -0.3 is 15.8 Å². The van der Waals surface area contributed by atoms with Crippen LogP contribution >= 0.6 is 35.6 Å². The van der Waals surface area contributed by atoms with Crippen molar-refractivity contribution in [3.05, 3.63) is 23.2 Å². The second-order valence-corrected chi connectivity index (χ2v) is 7.96. The molecule has 1 saturated heterocycles. The first-order chi connectivity index (χ1) is 10.4. The summed E-state index contributed by atoms with van der Waals surface area (Å²) in [5.74, 6) is 1.33. The van der Waals surface area contributed by atoms with Gasteiger partial charge in [-0.25, -0.2) is 8.42 Å². The van der Waals surface area contributed by atoms with Crippen LogP contribution in [0.25, 0.3) is 0 Å². The quantitative estimate of drug-likeness (QED) is 0.398. The summed E-state index contributed by atoms with van der Waals surface area (Å²) in [5, 5.41) is 3.40. The molecule has 9 heteroatoms. The van der Waals surface area contributed by atoms with Crippen LogP contribution in [-0.2, 0) is 9.84 Å². The molecule has 3 N–H and O–H groups in total. The minimum atomic E-state index is -2.91. The summed E-state index contributed by atoms with van der Waals surface area (Å²) in [6.07, 6.45) is 1.56. The molecule has 0 radical (unpaired) electrons. The van der Waals surface area contributed by atoms with Crippen LogP contribution in [0.5, 0.6) is 5.75 Å². The number of halogens is 2. The van der Waals surface area contributed by atoms with Gasteiger partial charge in [-0.05, 0) is 37.0 Å². The van der Waals surface area contributed by atoms with E-state index in [0.29, 0.717) is 29.4 Å². The van der Waals surface area contributed by atoms with Crippen LogP contribution in [-0.4, -0.2) is 39.5 Å². The van der Waals surface area contributed by atoms with E-state index >= 15 is 0 Å². The first-order valence-electron chi connectivity index (χ1n) is 7.00. The minimum absolute atomic E-state index is 0. The fourth-order valence-corrected chi connectivity index (χ4v) is 4.44. The summed E-state index contributed by atoms with van der Waals surface area (Å²) in [6, 6.07) is 5.19. The molecule has 0 spiro atoms. The van der Waals surface area contributed by atoms with Gasteiger partial charge in [-0.2, -0.15) is 0 Å². The third-order valence-corrected chi connectivity index (χ3v) is 5.69. The maximum absolute atomic E-state index is 11.6. The van der Waals surface area contributed by atoms with Crippen molar-refractivity contribution in [2.75, 3.05) is 30.5 Å². The molecule has 0 aromatic heterocycles. The fraction of sp³-hybridized carbons (Fsp3) is 0.500. The lowest BCUT2D eigenvalue weighted by molar-refractivity contribution is 0.415. The lowest BCUT2D eigenvalue weighted by Gasteiger charge is -2.20. The standard InChI is InChI=1S/C14H20ClN3O3S.HI/c1-21-13-5-4-11(7-12(13)15)18-14(16)17-8-10-3-2-6-22(19,20)9-10;/h4-5,7,10H,2-3,6,8-9H2,1H3,(H3,16,17,18);1H. The van der Waals surface area contributed by atoms with Crippen LogP contribution in [0.2, 0.25) is 5.02 Å². The third kappa shape index (κ3) is 6.34. The fourth-order valence-electron chi connectivity index (χ4n) is 2.42. The molecular formula is C14H21ClIN3O3S. The van der Waals surface area contributed by atoms with Crippen LogP contribution < -0.4 is 15.8 Å². The number of hydrogen-bond donors (Lipinski definition) is 2. The molecule has 0 aliphatic carbocycles. The number of nitrogens with two attached hydrogens (primary N) is 1. The molecule has 6 nitrogen and oxygen atoms in total. The molecule has 0 bridgehead atoms. The van der Waals surface area contributed by atoms with Crippen molar-refractivity contribution in [3.8, 4) is 5.75 Å². The van der Waals surface area contributed by atoms with Crippen molar-refractivity contribution in [2.24, 2.45) is 16.6 Å². The van der Waals surface area contributed by atoms with Gasteiger partial charge in [0.1, 0.15) is 5.75 Å². The Labute approximate surface area is 158 Å². The van der Waals surface area contributed by atoms with Gasteiger partial charge in [0.15, 0.2) is 15.8 Å². The highest BCUT2D eigenvalue weighted by Crippen LogP contribution is 2.27. The van der Waals surface area contributed by atoms with E-state index in [-0.39, 0.29) is 47.4 Å². The van der Waals surface area contributed by atoms with Crippen molar-refractivity contribution < 1.29 is 13.2 Å². The average Bonchev–Trinajstić information content (AvgIpc) is 2.44. The van der Waals surface area contributed by atoms with Crippen molar-refractivity contribution in [1.29, 1.82) is 0 Å². The number of anilines is 1. The number of aliphatic imine (C=N–C) groups is 1. The molecule has 1 aromatic carbocycles. The number of nitrogens with one attached hydrogen (secondary N) is 1. The van der Waals surface area contributed by atoms with Crippen LogP contribution in [0.15, 0.2) is 23.2 Å². The summed E-state index contributed by atoms with van der Waals surface area (Å²) >= 11 is 6.03. The van der Waals surface area contributed by atoms with Gasteiger partial charge in [0.05, 0.1) is 23.6 Å². The predicted octanol–water partition coefficient (Wildman–Crippen LogP) is 2.52. The van der Waals surface area contributed by atoms with Gasteiger partial charge in [-0.3, -0.25) is 4.99 Å². The number of guanidine groups is 1. The third-order valence-electron chi connectivity index (χ3n) is 3.50. The van der Waals surface area contributed by atoms with Crippen LogP contribution in [0.4, 0.5) is 5.69 Å². The van der Waals surface area contributed by atoms with Gasteiger partial charge in [-0.15, -0.1) is 24.0 Å². The Kier molecular flexibility index (Phi) is 7.88. The lowest BCUT2D eigenvalue weighted by atomic mass is 10.1. The molecule has 0 saturated carbocycles. The number of benzene rings is 1. The summed E-state index contributed by atoms with van der Waals surface area (Å²) in [4.78, 5) is 4.23. The Morgan fingerprint density at radius 2 is 2.26 bits per heavy atom. The van der Waals surface area contributed by atoms with Gasteiger partial charge >= 0.3 is 0 Å². The van der Waals surface area contributed by atoms with Crippen molar-refractivity contribution >= 4 is 57.1 Å². The monoisotopic (exact) mass is 473 g/mol. The lowest BCUT2D eigenvalue weighted by Crippen LogP contribution is -2.29. The van der Waals surface area contributed by atoms with Gasteiger partial charge in [0, 0.05) is 12.2 Å². The number of nitrogens with zero attached hydrogens (tertiary/aromatic N) is 1. The Hall–Kier alpha value is -0.740. The Bertz CT molecular complexity index is 667. The maximum atomic E-state index is 11.6. The first-order valence-corrected chi connectivity index (χ1v) is 9.20. The zero-order valence-electron chi connectivity index (χ0n) is 12.8. The molecule has 1 aromatic rings. The number of rotatable bonds is 4. The zero-order chi connectivity index (χ0) is 16.2. The van der Waals surface area contributed by atoms with Crippen molar-refractivity contribution in [3.63, 3.8) is 0 Å². The maximum Gasteiger partial charge on any atom is 0.193 e. The second-order valence-electron chi connectivity index (χ2n) is 5.32. The van der Waals surface area contributed by atoms with E-state index in [1.165, 1.54) is 0 Å². The highest BCUT2D eigenvalue weighted by molar-refractivity contribution is 14.0. The summed E-state index contributed by atoms with van der Waals surface area (Å²) in [7, 11) is -1.37. The molecule has 1 aliphatic heterocycles. The molecule has 1 aliphatic rings. The van der Waals surface area contributed by atoms with Crippen LogP contribution in [0, 0.1) is 5.92 Å². The molecule has 0 amide bonds. The van der Waals surface area contributed by atoms with Gasteiger partial charge in [-0.1, -0.05) is 11.6 Å². The second kappa shape index (κ2) is 8.93. The van der Waals surface area contributed by atoms with E-state index in [1.54, 1.807) is 25.3 Å². The smallest absolute Gasteiger partial charge is 0.193 e. The van der Waals surface area contributed by atoms with E-state index in [2.05, 4.69) is 10.3 Å². The van der Waals surface area contributed by atoms with Gasteiger partial charge in [0.2, 0.25) is 0 Å². The molecule has 1 unspecified atom stereocenters. The highest BCUT2D eigenvalue weighted by atomic mass is 127. The predicted molar refractivity (Wildman–Crippen MR) is 105 cm³/mol. The van der Waals surface area contributed by atoms with Crippen LogP contribution in [0.1, 0.15) is 12.8 Å². The number of methoxy groups -OCH3 is 1. The average molecular weight is 474 g/mol. The normalized spacial score (nSPS) is 20.4. The van der Waals surface area contributed by atoms with Crippen LogP contribution in [0.3, 0.4) is 0 Å². The Morgan fingerprint density at radius 1 is 1.52 bits per heavy atom.